The van der Waals surface area contributed by atoms with Gasteiger partial charge in [-0.2, -0.15) is 5.10 Å². The number of carbonyl (C=O) groups is 1. The molecule has 1 rings (SSSR count). The van der Waals surface area contributed by atoms with E-state index in [1.165, 1.54) is 0 Å². The number of aryl methyl sites for hydroxylation is 1. The van der Waals surface area contributed by atoms with Crippen LogP contribution in [0.1, 0.15) is 30.3 Å². The summed E-state index contributed by atoms with van der Waals surface area (Å²) in [4.78, 5) is 10.6. The lowest BCUT2D eigenvalue weighted by atomic mass is 10.3. The third-order valence-electron chi connectivity index (χ3n) is 1.67. The molecule has 0 radical (unpaired) electrons. The highest BCUT2D eigenvalue weighted by molar-refractivity contribution is 9.10. The first-order valence-corrected chi connectivity index (χ1v) is 4.75. The van der Waals surface area contributed by atoms with Crippen LogP contribution in [0, 0.1) is 0 Å². The van der Waals surface area contributed by atoms with Gasteiger partial charge in [-0.15, -0.1) is 0 Å². The van der Waals surface area contributed by atoms with Gasteiger partial charge in [0.25, 0.3) is 0 Å². The average molecular weight is 231 g/mol. The van der Waals surface area contributed by atoms with Crippen LogP contribution in [0.2, 0.25) is 0 Å². The van der Waals surface area contributed by atoms with E-state index in [1.807, 2.05) is 0 Å². The van der Waals surface area contributed by atoms with E-state index in [4.69, 9.17) is 0 Å². The Morgan fingerprint density at radius 3 is 3.08 bits per heavy atom. The molecule has 0 N–H and O–H groups in total. The molecule has 1 aromatic heterocycles. The minimum absolute atomic E-state index is 0.628. The molecule has 0 unspecified atom stereocenters. The maximum Gasteiger partial charge on any atom is 0.169 e. The predicted octanol–water partition coefficient (Wildman–Crippen LogP) is 2.26. The monoisotopic (exact) mass is 230 g/mol. The van der Waals surface area contributed by atoms with Gasteiger partial charge in [-0.25, -0.2) is 0 Å². The fourth-order valence-electron chi connectivity index (χ4n) is 0.975. The van der Waals surface area contributed by atoms with Gasteiger partial charge in [-0.05, 0) is 22.4 Å². The van der Waals surface area contributed by atoms with Crippen molar-refractivity contribution in [2.24, 2.45) is 0 Å². The molecule has 0 aliphatic rings. The first-order chi connectivity index (χ1) is 5.79. The van der Waals surface area contributed by atoms with Crippen molar-refractivity contribution in [2.75, 3.05) is 0 Å². The van der Waals surface area contributed by atoms with Gasteiger partial charge in [0.2, 0.25) is 0 Å². The predicted molar refractivity (Wildman–Crippen MR) is 50.2 cm³/mol. The summed E-state index contributed by atoms with van der Waals surface area (Å²) >= 11 is 3.25. The van der Waals surface area contributed by atoms with Crippen LogP contribution in [0.15, 0.2) is 10.7 Å². The molecule has 0 saturated heterocycles. The van der Waals surface area contributed by atoms with E-state index in [1.54, 1.807) is 10.9 Å². The van der Waals surface area contributed by atoms with E-state index >= 15 is 0 Å². The van der Waals surface area contributed by atoms with E-state index in [2.05, 4.69) is 28.0 Å². The van der Waals surface area contributed by atoms with Gasteiger partial charge in [0.15, 0.2) is 6.29 Å². The van der Waals surface area contributed by atoms with Crippen molar-refractivity contribution in [2.45, 2.75) is 26.3 Å². The van der Waals surface area contributed by atoms with Crippen LogP contribution in [0.5, 0.6) is 0 Å². The zero-order valence-electron chi connectivity index (χ0n) is 6.96. The lowest BCUT2D eigenvalue weighted by Gasteiger charge is -2.00. The summed E-state index contributed by atoms with van der Waals surface area (Å²) in [6.45, 7) is 2.93. The number of aldehydes is 1. The number of carbonyl (C=O) groups excluding carboxylic acids is 1. The molecule has 0 aliphatic carbocycles. The highest BCUT2D eigenvalue weighted by atomic mass is 79.9. The molecular weight excluding hydrogens is 220 g/mol. The van der Waals surface area contributed by atoms with Crippen LogP contribution in [-0.2, 0) is 6.54 Å². The Kier molecular flexibility index (Phi) is 3.47. The standard InChI is InChI=1S/C8H11BrN2O/c1-2-3-4-11-8(6-12)7(9)5-10-11/h5-6H,2-4H2,1H3. The summed E-state index contributed by atoms with van der Waals surface area (Å²) in [7, 11) is 0. The molecule has 0 aliphatic heterocycles. The zero-order chi connectivity index (χ0) is 8.97. The Morgan fingerprint density at radius 2 is 2.50 bits per heavy atom. The zero-order valence-corrected chi connectivity index (χ0v) is 8.54. The molecule has 0 amide bonds. The number of nitrogens with zero attached hydrogens (tertiary/aromatic N) is 2. The van der Waals surface area contributed by atoms with Crippen LogP contribution in [0.25, 0.3) is 0 Å². The molecule has 0 atom stereocenters. The summed E-state index contributed by atoms with van der Waals surface area (Å²) in [5, 5.41) is 4.06. The molecule has 3 nitrogen and oxygen atoms in total. The Morgan fingerprint density at radius 1 is 1.75 bits per heavy atom. The van der Waals surface area contributed by atoms with E-state index in [0.29, 0.717) is 5.69 Å². The number of hydrogen-bond acceptors (Lipinski definition) is 2. The van der Waals surface area contributed by atoms with Gasteiger partial charge in [-0.1, -0.05) is 13.3 Å². The second-order valence-electron chi connectivity index (χ2n) is 2.57. The average Bonchev–Trinajstić information content (AvgIpc) is 2.43. The van der Waals surface area contributed by atoms with Gasteiger partial charge < -0.3 is 0 Å². The normalized spacial score (nSPS) is 10.2. The molecular formula is C8H11BrN2O. The molecule has 4 heteroatoms. The molecule has 0 saturated carbocycles. The van der Waals surface area contributed by atoms with Gasteiger partial charge in [0.05, 0.1) is 10.7 Å². The minimum atomic E-state index is 0.628. The molecule has 12 heavy (non-hydrogen) atoms. The maximum absolute atomic E-state index is 10.6. The topological polar surface area (TPSA) is 34.9 Å². The Hall–Kier alpha value is -0.640. The summed E-state index contributed by atoms with van der Waals surface area (Å²) in [6.07, 6.45) is 4.64. The second-order valence-corrected chi connectivity index (χ2v) is 3.43. The molecule has 1 aromatic rings. The van der Waals surface area contributed by atoms with Gasteiger partial charge in [-0.3, -0.25) is 9.48 Å². The SMILES string of the molecule is CCCCn1ncc(Br)c1C=O. The smallest absolute Gasteiger partial charge is 0.169 e. The van der Waals surface area contributed by atoms with E-state index < -0.39 is 0 Å². The Bertz CT molecular complexity index is 270. The summed E-state index contributed by atoms with van der Waals surface area (Å²) < 4.78 is 2.49. The van der Waals surface area contributed by atoms with Crippen molar-refractivity contribution in [1.82, 2.24) is 9.78 Å². The van der Waals surface area contributed by atoms with Crippen molar-refractivity contribution >= 4 is 22.2 Å². The Balaban J connectivity index is 2.77. The van der Waals surface area contributed by atoms with Crippen molar-refractivity contribution in [3.63, 3.8) is 0 Å². The lowest BCUT2D eigenvalue weighted by Crippen LogP contribution is -2.04. The quantitative estimate of drug-likeness (QED) is 0.745. The van der Waals surface area contributed by atoms with Crippen molar-refractivity contribution in [1.29, 1.82) is 0 Å². The van der Waals surface area contributed by atoms with Crippen molar-refractivity contribution in [3.05, 3.63) is 16.4 Å². The van der Waals surface area contributed by atoms with Crippen LogP contribution in [-0.4, -0.2) is 16.1 Å². The molecule has 0 bridgehead atoms. The van der Waals surface area contributed by atoms with Crippen molar-refractivity contribution in [3.8, 4) is 0 Å². The van der Waals surface area contributed by atoms with Crippen LogP contribution >= 0.6 is 15.9 Å². The van der Waals surface area contributed by atoms with Crippen LogP contribution in [0.4, 0.5) is 0 Å². The second kappa shape index (κ2) is 4.40. The van der Waals surface area contributed by atoms with Gasteiger partial charge >= 0.3 is 0 Å². The molecule has 0 spiro atoms. The van der Waals surface area contributed by atoms with Crippen LogP contribution in [0.3, 0.4) is 0 Å². The summed E-state index contributed by atoms with van der Waals surface area (Å²) in [5.41, 5.74) is 0.628. The first-order valence-electron chi connectivity index (χ1n) is 3.96. The largest absolute Gasteiger partial charge is 0.296 e. The number of hydrogen-bond donors (Lipinski definition) is 0. The third kappa shape index (κ3) is 1.94. The van der Waals surface area contributed by atoms with Gasteiger partial charge in [0.1, 0.15) is 5.69 Å². The number of aromatic nitrogens is 2. The van der Waals surface area contributed by atoms with E-state index in [9.17, 15) is 4.79 Å². The lowest BCUT2D eigenvalue weighted by molar-refractivity contribution is 0.111. The highest BCUT2D eigenvalue weighted by Crippen LogP contribution is 2.13. The minimum Gasteiger partial charge on any atom is -0.296 e. The van der Waals surface area contributed by atoms with Crippen LogP contribution < -0.4 is 0 Å². The number of unbranched alkanes of at least 4 members (excludes halogenated alkanes) is 1. The summed E-state index contributed by atoms with van der Waals surface area (Å²) in [5.74, 6) is 0. The van der Waals surface area contributed by atoms with Crippen molar-refractivity contribution < 1.29 is 4.79 Å². The summed E-state index contributed by atoms with van der Waals surface area (Å²) in [6, 6.07) is 0. The van der Waals surface area contributed by atoms with Gasteiger partial charge in [0, 0.05) is 6.54 Å². The Labute approximate surface area is 79.9 Å². The first kappa shape index (κ1) is 9.45. The fourth-order valence-corrected chi connectivity index (χ4v) is 1.36. The van der Waals surface area contributed by atoms with E-state index in [-0.39, 0.29) is 0 Å². The van der Waals surface area contributed by atoms with E-state index in [0.717, 1.165) is 30.1 Å². The molecule has 1 heterocycles. The molecule has 0 aromatic carbocycles. The molecule has 66 valence electrons. The highest BCUT2D eigenvalue weighted by Gasteiger charge is 2.05. The number of halogens is 1. The fraction of sp³-hybridized carbons (Fsp3) is 0.500. The number of rotatable bonds is 4. The molecule has 0 fully saturated rings. The third-order valence-corrected chi connectivity index (χ3v) is 2.28. The maximum atomic E-state index is 10.6.